The van der Waals surface area contributed by atoms with E-state index in [4.69, 9.17) is 20.5 Å². The highest BCUT2D eigenvalue weighted by atomic mass is 16.4. The second-order valence-electron chi connectivity index (χ2n) is 2.56. The zero-order valence-electron chi connectivity index (χ0n) is 8.36. The maximum atomic E-state index is 10.4. The molecule has 1 aromatic carbocycles. The molecule has 0 saturated carbocycles. The summed E-state index contributed by atoms with van der Waals surface area (Å²) < 4.78 is 0. The van der Waals surface area contributed by atoms with E-state index in [-0.39, 0.29) is 5.56 Å². The van der Waals surface area contributed by atoms with Crippen molar-refractivity contribution in [1.82, 2.24) is 0 Å². The van der Waals surface area contributed by atoms with Crippen LogP contribution in [-0.4, -0.2) is 22.2 Å². The predicted octanol–water partition coefficient (Wildman–Crippen LogP) is 2.42. The zero-order valence-corrected chi connectivity index (χ0v) is 8.36. The SMILES string of the molecule is CC(=O)O.[N-]=[N+]=Nc1ccc(C(=O)O)cc1. The molecule has 0 radical (unpaired) electrons. The summed E-state index contributed by atoms with van der Waals surface area (Å²) in [5, 5.41) is 19.2. The third-order valence-electron chi connectivity index (χ3n) is 1.27. The predicted molar refractivity (Wildman–Crippen MR) is 55.5 cm³/mol. The Morgan fingerprint density at radius 3 is 2.00 bits per heavy atom. The Morgan fingerprint density at radius 1 is 1.25 bits per heavy atom. The van der Waals surface area contributed by atoms with Crippen molar-refractivity contribution in [3.8, 4) is 0 Å². The molecule has 0 aliphatic rings. The van der Waals surface area contributed by atoms with E-state index in [2.05, 4.69) is 10.0 Å². The van der Waals surface area contributed by atoms with Gasteiger partial charge in [0, 0.05) is 17.5 Å². The van der Waals surface area contributed by atoms with E-state index >= 15 is 0 Å². The van der Waals surface area contributed by atoms with Gasteiger partial charge in [-0.05, 0) is 17.7 Å². The summed E-state index contributed by atoms with van der Waals surface area (Å²) in [4.78, 5) is 21.9. The van der Waals surface area contributed by atoms with Gasteiger partial charge in [-0.3, -0.25) is 4.79 Å². The number of benzene rings is 1. The fourth-order valence-electron chi connectivity index (χ4n) is 0.722. The molecule has 1 rings (SSSR count). The molecule has 2 N–H and O–H groups in total. The molecule has 0 aliphatic heterocycles. The molecule has 0 fully saturated rings. The lowest BCUT2D eigenvalue weighted by atomic mass is 10.2. The van der Waals surface area contributed by atoms with Crippen LogP contribution in [0.2, 0.25) is 0 Å². The molecule has 0 heterocycles. The molecular formula is C9H9N3O4. The van der Waals surface area contributed by atoms with E-state index in [1.165, 1.54) is 24.3 Å². The van der Waals surface area contributed by atoms with Crippen molar-refractivity contribution in [3.05, 3.63) is 40.3 Å². The molecule has 0 atom stereocenters. The van der Waals surface area contributed by atoms with E-state index in [1.807, 2.05) is 0 Å². The molecule has 0 bridgehead atoms. The minimum atomic E-state index is -0.998. The number of hydrogen-bond donors (Lipinski definition) is 2. The molecule has 0 saturated heterocycles. The lowest BCUT2D eigenvalue weighted by Crippen LogP contribution is -1.93. The minimum absolute atomic E-state index is 0.173. The van der Waals surface area contributed by atoms with Crippen LogP contribution in [0.25, 0.3) is 10.4 Å². The summed E-state index contributed by atoms with van der Waals surface area (Å²) in [6.07, 6.45) is 0. The number of carbonyl (C=O) groups is 2. The van der Waals surface area contributed by atoms with Crippen molar-refractivity contribution in [1.29, 1.82) is 0 Å². The number of hydrogen-bond acceptors (Lipinski definition) is 3. The number of aromatic carboxylic acids is 1. The first-order chi connectivity index (χ1) is 7.47. The van der Waals surface area contributed by atoms with Crippen LogP contribution < -0.4 is 0 Å². The molecule has 0 spiro atoms. The third kappa shape index (κ3) is 6.01. The Balaban J connectivity index is 0.000000487. The van der Waals surface area contributed by atoms with Crippen LogP contribution in [0.5, 0.6) is 0 Å². The van der Waals surface area contributed by atoms with Crippen LogP contribution in [-0.2, 0) is 4.79 Å². The first-order valence-electron chi connectivity index (χ1n) is 4.05. The Kier molecular flexibility index (Phi) is 5.77. The van der Waals surface area contributed by atoms with Crippen LogP contribution in [0, 0.1) is 0 Å². The van der Waals surface area contributed by atoms with Gasteiger partial charge >= 0.3 is 5.97 Å². The number of azide groups is 1. The molecule has 0 aromatic heterocycles. The van der Waals surface area contributed by atoms with Gasteiger partial charge in [0.1, 0.15) is 0 Å². The van der Waals surface area contributed by atoms with Gasteiger partial charge in [-0.2, -0.15) is 0 Å². The Bertz CT molecular complexity index is 396. The Hall–Kier alpha value is -2.53. The number of aliphatic carboxylic acids is 1. The van der Waals surface area contributed by atoms with Crippen molar-refractivity contribution < 1.29 is 19.8 Å². The normalized spacial score (nSPS) is 8.06. The molecular weight excluding hydrogens is 214 g/mol. The van der Waals surface area contributed by atoms with Crippen LogP contribution >= 0.6 is 0 Å². The topological polar surface area (TPSA) is 123 Å². The highest BCUT2D eigenvalue weighted by molar-refractivity contribution is 5.87. The van der Waals surface area contributed by atoms with Crippen molar-refractivity contribution in [2.45, 2.75) is 6.92 Å². The summed E-state index contributed by atoms with van der Waals surface area (Å²) >= 11 is 0. The van der Waals surface area contributed by atoms with Gasteiger partial charge in [-0.25, -0.2) is 4.79 Å². The van der Waals surface area contributed by atoms with Crippen LogP contribution in [0.3, 0.4) is 0 Å². The number of rotatable bonds is 2. The summed E-state index contributed by atoms with van der Waals surface area (Å²) in [6, 6.07) is 5.66. The van der Waals surface area contributed by atoms with Gasteiger partial charge in [-0.1, -0.05) is 17.2 Å². The van der Waals surface area contributed by atoms with E-state index in [0.29, 0.717) is 5.69 Å². The van der Waals surface area contributed by atoms with Crippen molar-refractivity contribution in [2.75, 3.05) is 0 Å². The standard InChI is InChI=1S/C7H5N3O2.C2H4O2/c8-10-9-6-3-1-5(2-4-6)7(11)12;1-2(3)4/h1-4H,(H,11,12);1H3,(H,3,4). The van der Waals surface area contributed by atoms with Gasteiger partial charge in [0.15, 0.2) is 0 Å². The maximum absolute atomic E-state index is 10.4. The lowest BCUT2D eigenvalue weighted by molar-refractivity contribution is -0.134. The number of carboxylic acids is 2. The van der Waals surface area contributed by atoms with Crippen LogP contribution in [0.1, 0.15) is 17.3 Å². The van der Waals surface area contributed by atoms with E-state index in [1.54, 1.807) is 0 Å². The Labute approximate surface area is 90.6 Å². The quantitative estimate of drug-likeness (QED) is 0.453. The van der Waals surface area contributed by atoms with Gasteiger partial charge in [0.25, 0.3) is 5.97 Å². The second kappa shape index (κ2) is 6.86. The third-order valence-corrected chi connectivity index (χ3v) is 1.27. The average molecular weight is 223 g/mol. The van der Waals surface area contributed by atoms with E-state index in [0.717, 1.165) is 6.92 Å². The highest BCUT2D eigenvalue weighted by Gasteiger charge is 1.99. The molecule has 84 valence electrons. The summed E-state index contributed by atoms with van der Waals surface area (Å²) in [6.45, 7) is 1.08. The molecule has 0 aliphatic carbocycles. The highest BCUT2D eigenvalue weighted by Crippen LogP contribution is 2.12. The molecule has 0 unspecified atom stereocenters. The number of nitrogens with zero attached hydrogens (tertiary/aromatic N) is 3. The summed E-state index contributed by atoms with van der Waals surface area (Å²) in [5.41, 5.74) is 8.62. The van der Waals surface area contributed by atoms with Gasteiger partial charge < -0.3 is 10.2 Å². The van der Waals surface area contributed by atoms with Gasteiger partial charge in [0.2, 0.25) is 0 Å². The van der Waals surface area contributed by atoms with Crippen molar-refractivity contribution in [2.24, 2.45) is 5.11 Å². The van der Waals surface area contributed by atoms with Gasteiger partial charge in [0.05, 0.1) is 5.56 Å². The van der Waals surface area contributed by atoms with E-state index < -0.39 is 11.9 Å². The monoisotopic (exact) mass is 223 g/mol. The van der Waals surface area contributed by atoms with Crippen molar-refractivity contribution >= 4 is 17.6 Å². The fourth-order valence-corrected chi connectivity index (χ4v) is 0.722. The molecule has 0 amide bonds. The van der Waals surface area contributed by atoms with Crippen LogP contribution in [0.15, 0.2) is 29.4 Å². The maximum Gasteiger partial charge on any atom is 0.335 e. The minimum Gasteiger partial charge on any atom is -0.481 e. The molecule has 7 heteroatoms. The summed E-state index contributed by atoms with van der Waals surface area (Å²) in [7, 11) is 0. The first kappa shape index (κ1) is 13.5. The zero-order chi connectivity index (χ0) is 12.6. The average Bonchev–Trinajstić information content (AvgIpc) is 2.18. The van der Waals surface area contributed by atoms with Crippen molar-refractivity contribution in [3.63, 3.8) is 0 Å². The largest absolute Gasteiger partial charge is 0.481 e. The molecule has 1 aromatic rings. The molecule has 16 heavy (non-hydrogen) atoms. The van der Waals surface area contributed by atoms with Gasteiger partial charge in [-0.15, -0.1) is 0 Å². The smallest absolute Gasteiger partial charge is 0.335 e. The first-order valence-corrected chi connectivity index (χ1v) is 4.05. The second-order valence-corrected chi connectivity index (χ2v) is 2.56. The Morgan fingerprint density at radius 2 is 1.69 bits per heavy atom. The lowest BCUT2D eigenvalue weighted by Gasteiger charge is -1.92. The van der Waals surface area contributed by atoms with E-state index in [9.17, 15) is 4.79 Å². The summed E-state index contributed by atoms with van der Waals surface area (Å²) in [5.74, 6) is -1.83. The molecule has 7 nitrogen and oxygen atoms in total. The number of carboxylic acid groups (broad SMARTS) is 2. The van der Waals surface area contributed by atoms with Crippen LogP contribution in [0.4, 0.5) is 5.69 Å². The fraction of sp³-hybridized carbons (Fsp3) is 0.111.